The highest BCUT2D eigenvalue weighted by Gasteiger charge is 2.50. The Morgan fingerprint density at radius 1 is 1.35 bits per heavy atom. The number of methoxy groups -OCH3 is 1. The summed E-state index contributed by atoms with van der Waals surface area (Å²) in [6.45, 7) is 0. The van der Waals surface area contributed by atoms with Crippen LogP contribution in [-0.2, 0) is 9.59 Å². The van der Waals surface area contributed by atoms with E-state index in [1.165, 1.54) is 0 Å². The van der Waals surface area contributed by atoms with E-state index < -0.39 is 17.9 Å². The molecular weight excluding hydrogens is 258 g/mol. The number of carbonyl (C=O) groups excluding carboxylic acids is 1. The quantitative estimate of drug-likeness (QED) is 0.910. The maximum absolute atomic E-state index is 12.2. The molecule has 5 heteroatoms. The van der Waals surface area contributed by atoms with Crippen LogP contribution in [0.15, 0.2) is 24.3 Å². The molecule has 0 aromatic heterocycles. The molecule has 1 aromatic rings. The van der Waals surface area contributed by atoms with Crippen LogP contribution in [-0.4, -0.2) is 35.0 Å². The summed E-state index contributed by atoms with van der Waals surface area (Å²) >= 11 is 0. The molecule has 0 unspecified atom stereocenters. The minimum Gasteiger partial charge on any atom is -0.496 e. The van der Waals surface area contributed by atoms with Gasteiger partial charge in [-0.3, -0.25) is 9.59 Å². The molecule has 2 atom stereocenters. The van der Waals surface area contributed by atoms with Crippen LogP contribution in [0.3, 0.4) is 0 Å². The zero-order valence-electron chi connectivity index (χ0n) is 11.3. The summed E-state index contributed by atoms with van der Waals surface area (Å²) < 4.78 is 5.34. The summed E-state index contributed by atoms with van der Waals surface area (Å²) in [6, 6.07) is 7.14. The second-order valence-electron chi connectivity index (χ2n) is 5.37. The van der Waals surface area contributed by atoms with Gasteiger partial charge in [-0.05, 0) is 18.9 Å². The first-order valence-electron chi connectivity index (χ1n) is 6.80. The molecule has 1 saturated heterocycles. The molecule has 2 aliphatic rings. The first kappa shape index (κ1) is 13.0. The summed E-state index contributed by atoms with van der Waals surface area (Å²) in [6.07, 6.45) is 2.00. The lowest BCUT2D eigenvalue weighted by molar-refractivity contribution is -0.142. The highest BCUT2D eigenvalue weighted by atomic mass is 16.5. The molecule has 3 rings (SSSR count). The van der Waals surface area contributed by atoms with E-state index in [2.05, 4.69) is 0 Å². The molecule has 1 aliphatic heterocycles. The smallest absolute Gasteiger partial charge is 0.309 e. The first-order valence-corrected chi connectivity index (χ1v) is 6.80. The molecule has 1 saturated carbocycles. The van der Waals surface area contributed by atoms with Crippen LogP contribution in [0.25, 0.3) is 0 Å². The molecule has 1 N–H and O–H groups in total. The molecule has 1 aromatic carbocycles. The van der Waals surface area contributed by atoms with Gasteiger partial charge in [0.2, 0.25) is 5.91 Å². The Kier molecular flexibility index (Phi) is 3.12. The minimum atomic E-state index is -0.919. The Bertz CT molecular complexity index is 553. The lowest BCUT2D eigenvalue weighted by Gasteiger charge is -2.28. The Morgan fingerprint density at radius 3 is 2.65 bits per heavy atom. The van der Waals surface area contributed by atoms with Gasteiger partial charge in [0.15, 0.2) is 0 Å². The van der Waals surface area contributed by atoms with Crippen molar-refractivity contribution in [3.63, 3.8) is 0 Å². The van der Waals surface area contributed by atoms with Crippen molar-refractivity contribution in [2.45, 2.75) is 31.3 Å². The van der Waals surface area contributed by atoms with Gasteiger partial charge in [0.1, 0.15) is 5.75 Å². The van der Waals surface area contributed by atoms with E-state index in [4.69, 9.17) is 4.74 Å². The number of amides is 1. The molecule has 1 heterocycles. The fraction of sp³-hybridized carbons (Fsp3) is 0.467. The van der Waals surface area contributed by atoms with Gasteiger partial charge in [0.05, 0.1) is 19.1 Å². The van der Waals surface area contributed by atoms with Gasteiger partial charge in [-0.2, -0.15) is 0 Å². The Morgan fingerprint density at radius 2 is 2.05 bits per heavy atom. The number of hydrogen-bond donors (Lipinski definition) is 1. The number of nitrogens with zero attached hydrogens (tertiary/aromatic N) is 1. The second kappa shape index (κ2) is 4.81. The van der Waals surface area contributed by atoms with E-state index >= 15 is 0 Å². The van der Waals surface area contributed by atoms with Gasteiger partial charge < -0.3 is 14.7 Å². The van der Waals surface area contributed by atoms with Crippen LogP contribution in [0.2, 0.25) is 0 Å². The summed E-state index contributed by atoms with van der Waals surface area (Å²) in [7, 11) is 1.56. The van der Waals surface area contributed by atoms with Crippen molar-refractivity contribution in [3.8, 4) is 5.75 Å². The van der Waals surface area contributed by atoms with E-state index in [1.54, 1.807) is 12.0 Å². The number of likely N-dealkylation sites (tertiary alicyclic amines) is 1. The predicted molar refractivity (Wildman–Crippen MR) is 71.3 cm³/mol. The molecule has 0 spiro atoms. The minimum absolute atomic E-state index is 0.0594. The van der Waals surface area contributed by atoms with Crippen LogP contribution >= 0.6 is 0 Å². The molecule has 20 heavy (non-hydrogen) atoms. The SMILES string of the molecule is COc1ccccc1[C@H]1[C@H](C(=O)O)CC(=O)N1C1CC1. The van der Waals surface area contributed by atoms with Crippen LogP contribution in [0.1, 0.15) is 30.9 Å². The predicted octanol–water partition coefficient (Wildman–Crippen LogP) is 1.83. The number of carbonyl (C=O) groups is 2. The van der Waals surface area contributed by atoms with Crippen LogP contribution in [0, 0.1) is 5.92 Å². The van der Waals surface area contributed by atoms with Gasteiger partial charge in [-0.15, -0.1) is 0 Å². The lowest BCUT2D eigenvalue weighted by Crippen LogP contribution is -2.32. The number of benzene rings is 1. The number of carboxylic acid groups (broad SMARTS) is 1. The van der Waals surface area contributed by atoms with E-state index in [-0.39, 0.29) is 18.4 Å². The third-order valence-electron chi connectivity index (χ3n) is 4.08. The molecule has 0 bridgehead atoms. The van der Waals surface area contributed by atoms with E-state index in [9.17, 15) is 14.7 Å². The highest BCUT2D eigenvalue weighted by molar-refractivity contribution is 5.88. The highest BCUT2D eigenvalue weighted by Crippen LogP contribution is 2.47. The number of para-hydroxylation sites is 1. The lowest BCUT2D eigenvalue weighted by atomic mass is 9.93. The maximum Gasteiger partial charge on any atom is 0.309 e. The van der Waals surface area contributed by atoms with Crippen LogP contribution < -0.4 is 4.74 Å². The average molecular weight is 275 g/mol. The van der Waals surface area contributed by atoms with Crippen molar-refractivity contribution in [2.24, 2.45) is 5.92 Å². The number of carboxylic acids is 1. The fourth-order valence-electron chi connectivity index (χ4n) is 3.04. The topological polar surface area (TPSA) is 66.8 Å². The van der Waals surface area contributed by atoms with E-state index in [1.807, 2.05) is 24.3 Å². The van der Waals surface area contributed by atoms with Gasteiger partial charge in [0.25, 0.3) is 0 Å². The molecule has 1 amide bonds. The summed E-state index contributed by atoms with van der Waals surface area (Å²) in [5, 5.41) is 9.43. The number of ether oxygens (including phenoxy) is 1. The van der Waals surface area contributed by atoms with Crippen molar-refractivity contribution >= 4 is 11.9 Å². The van der Waals surface area contributed by atoms with E-state index in [0.29, 0.717) is 5.75 Å². The maximum atomic E-state index is 12.2. The van der Waals surface area contributed by atoms with Gasteiger partial charge in [0, 0.05) is 18.0 Å². The Balaban J connectivity index is 2.05. The zero-order valence-corrected chi connectivity index (χ0v) is 11.3. The number of hydrogen-bond acceptors (Lipinski definition) is 3. The van der Waals surface area contributed by atoms with E-state index in [0.717, 1.165) is 18.4 Å². The summed E-state index contributed by atoms with van der Waals surface area (Å²) in [5.41, 5.74) is 0.792. The van der Waals surface area contributed by atoms with Gasteiger partial charge in [-0.1, -0.05) is 18.2 Å². The Hall–Kier alpha value is -2.04. The van der Waals surface area contributed by atoms with Crippen molar-refractivity contribution in [1.29, 1.82) is 0 Å². The largest absolute Gasteiger partial charge is 0.496 e. The van der Waals surface area contributed by atoms with Crippen molar-refractivity contribution in [3.05, 3.63) is 29.8 Å². The molecule has 0 radical (unpaired) electrons. The zero-order chi connectivity index (χ0) is 14.3. The number of rotatable bonds is 4. The average Bonchev–Trinajstić information content (AvgIpc) is 3.21. The Labute approximate surface area is 117 Å². The molecule has 1 aliphatic carbocycles. The molecule has 5 nitrogen and oxygen atoms in total. The van der Waals surface area contributed by atoms with Gasteiger partial charge >= 0.3 is 5.97 Å². The second-order valence-corrected chi connectivity index (χ2v) is 5.37. The number of aliphatic carboxylic acids is 1. The fourth-order valence-corrected chi connectivity index (χ4v) is 3.04. The van der Waals surface area contributed by atoms with Gasteiger partial charge in [-0.25, -0.2) is 0 Å². The third-order valence-corrected chi connectivity index (χ3v) is 4.08. The van der Waals surface area contributed by atoms with Crippen molar-refractivity contribution in [1.82, 2.24) is 4.90 Å². The monoisotopic (exact) mass is 275 g/mol. The standard InChI is InChI=1S/C15H17NO4/c1-20-12-5-3-2-4-10(12)14-11(15(18)19)8-13(17)16(14)9-6-7-9/h2-5,9,11,14H,6-8H2,1H3,(H,18,19)/t11-,14+/m1/s1. The van der Waals surface area contributed by atoms with Crippen LogP contribution in [0.4, 0.5) is 0 Å². The molecule has 2 fully saturated rings. The van der Waals surface area contributed by atoms with Crippen molar-refractivity contribution in [2.75, 3.05) is 7.11 Å². The first-order chi connectivity index (χ1) is 9.63. The molecule has 106 valence electrons. The summed E-state index contributed by atoms with van der Waals surface area (Å²) in [5.74, 6) is -1.03. The third kappa shape index (κ3) is 2.03. The normalized spacial score (nSPS) is 25.9. The summed E-state index contributed by atoms with van der Waals surface area (Å²) in [4.78, 5) is 25.4. The van der Waals surface area contributed by atoms with Crippen molar-refractivity contribution < 1.29 is 19.4 Å². The van der Waals surface area contributed by atoms with Crippen LogP contribution in [0.5, 0.6) is 5.75 Å². The molecular formula is C15H17NO4.